The zero-order chi connectivity index (χ0) is 13.8. The van der Waals surface area contributed by atoms with Gasteiger partial charge in [-0.2, -0.15) is 0 Å². The molecule has 1 N–H and O–H groups in total. The van der Waals surface area contributed by atoms with Gasteiger partial charge in [-0.15, -0.1) is 0 Å². The molecule has 1 unspecified atom stereocenters. The molecule has 0 bridgehead atoms. The van der Waals surface area contributed by atoms with Crippen molar-refractivity contribution in [1.82, 2.24) is 5.32 Å². The summed E-state index contributed by atoms with van der Waals surface area (Å²) in [5.41, 5.74) is 2.18. The maximum absolute atomic E-state index is 12.1. The first-order valence-electron chi connectivity index (χ1n) is 6.29. The molecule has 0 aliphatic carbocycles. The van der Waals surface area contributed by atoms with Gasteiger partial charge in [0.25, 0.3) is 0 Å². The van der Waals surface area contributed by atoms with Gasteiger partial charge in [-0.25, -0.2) is 8.42 Å². The molecular formula is C14H23NO2S. The zero-order valence-corrected chi connectivity index (χ0v) is 12.4. The van der Waals surface area contributed by atoms with Gasteiger partial charge in [-0.3, -0.25) is 0 Å². The topological polar surface area (TPSA) is 46.2 Å². The molecule has 0 fully saturated rings. The van der Waals surface area contributed by atoms with Gasteiger partial charge in [0.15, 0.2) is 9.84 Å². The first kappa shape index (κ1) is 15.2. The average Bonchev–Trinajstić information content (AvgIpc) is 2.25. The maximum Gasteiger partial charge on any atom is 0.152 e. The van der Waals surface area contributed by atoms with Crippen LogP contribution in [0.15, 0.2) is 24.3 Å². The number of nitrogens with one attached hydrogen (secondary N) is 1. The predicted molar refractivity (Wildman–Crippen MR) is 76.5 cm³/mol. The number of rotatable bonds is 6. The molecule has 1 aromatic rings. The first-order valence-corrected chi connectivity index (χ1v) is 8.11. The molecule has 1 aromatic carbocycles. The smallest absolute Gasteiger partial charge is 0.152 e. The largest absolute Gasteiger partial charge is 0.312 e. The van der Waals surface area contributed by atoms with E-state index in [9.17, 15) is 8.42 Å². The first-order chi connectivity index (χ1) is 8.35. The minimum Gasteiger partial charge on any atom is -0.312 e. The molecular weight excluding hydrogens is 246 g/mol. The summed E-state index contributed by atoms with van der Waals surface area (Å²) in [6.45, 7) is 5.87. The molecule has 0 heterocycles. The van der Waals surface area contributed by atoms with Crippen LogP contribution in [0.2, 0.25) is 0 Å². The quantitative estimate of drug-likeness (QED) is 0.862. The second kappa shape index (κ2) is 6.34. The summed E-state index contributed by atoms with van der Waals surface area (Å²) in [6.07, 6.45) is 0. The Labute approximate surface area is 111 Å². The SMILES string of the molecule is CNC(CS(=O)(=O)CC(C)C)c1ccccc1C. The summed E-state index contributed by atoms with van der Waals surface area (Å²) in [5, 5.41) is 3.11. The van der Waals surface area contributed by atoms with Crippen LogP contribution in [0.1, 0.15) is 31.0 Å². The zero-order valence-electron chi connectivity index (χ0n) is 11.6. The molecule has 0 radical (unpaired) electrons. The van der Waals surface area contributed by atoms with E-state index >= 15 is 0 Å². The molecule has 0 saturated heterocycles. The standard InChI is InChI=1S/C14H23NO2S/c1-11(2)9-18(16,17)10-14(15-4)13-8-6-5-7-12(13)3/h5-8,11,14-15H,9-10H2,1-4H3. The summed E-state index contributed by atoms with van der Waals surface area (Å²) in [7, 11) is -1.21. The highest BCUT2D eigenvalue weighted by Crippen LogP contribution is 2.19. The van der Waals surface area contributed by atoms with E-state index in [1.807, 2.05) is 52.1 Å². The van der Waals surface area contributed by atoms with Crippen LogP contribution in [0, 0.1) is 12.8 Å². The summed E-state index contributed by atoms with van der Waals surface area (Å²) in [6, 6.07) is 7.78. The third-order valence-corrected chi connectivity index (χ3v) is 4.94. The molecule has 0 aromatic heterocycles. The summed E-state index contributed by atoms with van der Waals surface area (Å²) in [4.78, 5) is 0. The number of benzene rings is 1. The highest BCUT2D eigenvalue weighted by atomic mass is 32.2. The lowest BCUT2D eigenvalue weighted by Gasteiger charge is -2.19. The van der Waals surface area contributed by atoms with Crippen LogP contribution in [-0.2, 0) is 9.84 Å². The second-order valence-corrected chi connectivity index (χ2v) is 7.32. The molecule has 4 heteroatoms. The van der Waals surface area contributed by atoms with Gasteiger partial charge in [0.1, 0.15) is 0 Å². The maximum atomic E-state index is 12.1. The van der Waals surface area contributed by atoms with Crippen molar-refractivity contribution >= 4 is 9.84 Å². The lowest BCUT2D eigenvalue weighted by atomic mass is 10.0. The molecule has 1 rings (SSSR count). The Kier molecular flexibility index (Phi) is 5.35. The molecule has 0 spiro atoms. The van der Waals surface area contributed by atoms with Gasteiger partial charge in [-0.1, -0.05) is 38.1 Å². The minimum absolute atomic E-state index is 0.130. The lowest BCUT2D eigenvalue weighted by molar-refractivity contribution is 0.562. The number of hydrogen-bond acceptors (Lipinski definition) is 3. The van der Waals surface area contributed by atoms with Crippen LogP contribution >= 0.6 is 0 Å². The number of hydrogen-bond donors (Lipinski definition) is 1. The van der Waals surface area contributed by atoms with Gasteiger partial charge < -0.3 is 5.32 Å². The Morgan fingerprint density at radius 3 is 2.28 bits per heavy atom. The number of sulfone groups is 1. The minimum atomic E-state index is -3.02. The Balaban J connectivity index is 2.90. The van der Waals surface area contributed by atoms with Gasteiger partial charge >= 0.3 is 0 Å². The Bertz CT molecular complexity index is 480. The van der Waals surface area contributed by atoms with E-state index in [2.05, 4.69) is 5.32 Å². The van der Waals surface area contributed by atoms with E-state index in [1.165, 1.54) is 0 Å². The predicted octanol–water partition coefficient (Wildman–Crippen LogP) is 2.33. The fourth-order valence-corrected chi connectivity index (χ4v) is 4.14. The van der Waals surface area contributed by atoms with Gasteiger partial charge in [-0.05, 0) is 31.0 Å². The highest BCUT2D eigenvalue weighted by molar-refractivity contribution is 7.91. The van der Waals surface area contributed by atoms with Crippen LogP contribution in [0.3, 0.4) is 0 Å². The summed E-state index contributed by atoms with van der Waals surface area (Å²) >= 11 is 0. The summed E-state index contributed by atoms with van der Waals surface area (Å²) < 4.78 is 24.1. The molecule has 18 heavy (non-hydrogen) atoms. The normalized spacial score (nSPS) is 13.8. The van der Waals surface area contributed by atoms with Crippen molar-refractivity contribution in [1.29, 1.82) is 0 Å². The van der Waals surface area contributed by atoms with Gasteiger partial charge in [0.2, 0.25) is 0 Å². The van der Waals surface area contributed by atoms with Crippen molar-refractivity contribution < 1.29 is 8.42 Å². The third kappa shape index (κ3) is 4.42. The fraction of sp³-hybridized carbons (Fsp3) is 0.571. The van der Waals surface area contributed by atoms with Crippen molar-refractivity contribution in [2.45, 2.75) is 26.8 Å². The molecule has 102 valence electrons. The van der Waals surface area contributed by atoms with E-state index in [4.69, 9.17) is 0 Å². The molecule has 0 aliphatic heterocycles. The van der Waals surface area contributed by atoms with Crippen molar-refractivity contribution in [3.05, 3.63) is 35.4 Å². The van der Waals surface area contributed by atoms with Crippen LogP contribution in [0.5, 0.6) is 0 Å². The molecule has 0 amide bonds. The average molecular weight is 269 g/mol. The van der Waals surface area contributed by atoms with Crippen molar-refractivity contribution in [2.75, 3.05) is 18.6 Å². The van der Waals surface area contributed by atoms with E-state index in [0.29, 0.717) is 0 Å². The fourth-order valence-electron chi connectivity index (χ4n) is 2.14. The monoisotopic (exact) mass is 269 g/mol. The van der Waals surface area contributed by atoms with Crippen LogP contribution in [0.4, 0.5) is 0 Å². The van der Waals surface area contributed by atoms with E-state index in [-0.39, 0.29) is 23.5 Å². The van der Waals surface area contributed by atoms with Gasteiger partial charge in [0, 0.05) is 6.04 Å². The van der Waals surface area contributed by atoms with E-state index < -0.39 is 9.84 Å². The van der Waals surface area contributed by atoms with Crippen LogP contribution < -0.4 is 5.32 Å². The van der Waals surface area contributed by atoms with Crippen molar-refractivity contribution in [2.24, 2.45) is 5.92 Å². The summed E-state index contributed by atoms with van der Waals surface area (Å²) in [5.74, 6) is 0.577. The Morgan fingerprint density at radius 2 is 1.78 bits per heavy atom. The Morgan fingerprint density at radius 1 is 1.17 bits per heavy atom. The third-order valence-electron chi connectivity index (χ3n) is 2.92. The molecule has 3 nitrogen and oxygen atoms in total. The highest BCUT2D eigenvalue weighted by Gasteiger charge is 2.21. The van der Waals surface area contributed by atoms with Crippen LogP contribution in [0.25, 0.3) is 0 Å². The van der Waals surface area contributed by atoms with Gasteiger partial charge in [0.05, 0.1) is 11.5 Å². The van der Waals surface area contributed by atoms with Crippen molar-refractivity contribution in [3.63, 3.8) is 0 Å². The van der Waals surface area contributed by atoms with Crippen LogP contribution in [-0.4, -0.2) is 27.0 Å². The number of aryl methyl sites for hydroxylation is 1. The second-order valence-electron chi connectivity index (χ2n) is 5.17. The molecule has 0 aliphatic rings. The molecule has 0 saturated carbocycles. The lowest BCUT2D eigenvalue weighted by Crippen LogP contribution is -2.28. The Hall–Kier alpha value is -0.870. The molecule has 1 atom stereocenters. The van der Waals surface area contributed by atoms with Crippen molar-refractivity contribution in [3.8, 4) is 0 Å². The van der Waals surface area contributed by atoms with E-state index in [0.717, 1.165) is 11.1 Å². The van der Waals surface area contributed by atoms with E-state index in [1.54, 1.807) is 0 Å².